The number of nitrogens with one attached hydrogen (secondary N) is 2. The van der Waals surface area contributed by atoms with Gasteiger partial charge < -0.3 is 41.9 Å². The average Bonchev–Trinajstić information content (AvgIpc) is 3.26. The van der Waals surface area contributed by atoms with Crippen LogP contribution in [0.1, 0.15) is 76.4 Å². The van der Waals surface area contributed by atoms with Crippen molar-refractivity contribution in [2.75, 3.05) is 0 Å². The van der Waals surface area contributed by atoms with Crippen LogP contribution >= 0.6 is 0 Å². The molecule has 1 unspecified atom stereocenters. The van der Waals surface area contributed by atoms with E-state index in [1.165, 1.54) is 0 Å². The van der Waals surface area contributed by atoms with Crippen molar-refractivity contribution < 1.29 is 18.9 Å². The number of aryl methyl sites for hydroxylation is 1. The maximum Gasteiger partial charge on any atom is 0.125 e. The highest BCUT2D eigenvalue weighted by Crippen LogP contribution is 2.22. The molecule has 324 valence electrons. The van der Waals surface area contributed by atoms with Gasteiger partial charge in [0.25, 0.3) is 0 Å². The Bertz CT molecular complexity index is 2470. The van der Waals surface area contributed by atoms with E-state index in [0.29, 0.717) is 67.1 Å². The molecule has 0 aliphatic carbocycles. The van der Waals surface area contributed by atoms with E-state index in [1.54, 1.807) is 48.5 Å². The number of ether oxygens (including phenoxy) is 4. The summed E-state index contributed by atoms with van der Waals surface area (Å²) < 4.78 is 24.5. The van der Waals surface area contributed by atoms with E-state index >= 15 is 0 Å². The number of nitrogens with zero attached hydrogens (tertiary/aromatic N) is 2. The zero-order chi connectivity index (χ0) is 44.9. The molecule has 10 N–H and O–H groups in total. The van der Waals surface area contributed by atoms with Gasteiger partial charge in [0, 0.05) is 28.3 Å². The predicted molar refractivity (Wildman–Crippen MR) is 252 cm³/mol. The number of amidine groups is 4. The minimum absolute atomic E-state index is 0.00338. The van der Waals surface area contributed by atoms with E-state index in [1.807, 2.05) is 69.3 Å². The fourth-order valence-electron chi connectivity index (χ4n) is 6.86. The molecule has 0 aliphatic rings. The van der Waals surface area contributed by atoms with Crippen LogP contribution in [0, 0.1) is 17.7 Å². The smallest absolute Gasteiger partial charge is 0.125 e. The minimum atomic E-state index is -0.133. The molecule has 1 atom stereocenters. The molecule has 6 aromatic rings. The summed E-state index contributed by atoms with van der Waals surface area (Å²) in [7, 11) is 0. The van der Waals surface area contributed by atoms with Crippen LogP contribution in [0.25, 0.3) is 0 Å². The third kappa shape index (κ3) is 13.7. The molecule has 0 bridgehead atoms. The van der Waals surface area contributed by atoms with Gasteiger partial charge in [-0.3, -0.25) is 20.8 Å². The van der Waals surface area contributed by atoms with Crippen molar-refractivity contribution in [3.05, 3.63) is 189 Å². The number of hydrogen-bond acceptors (Lipinski definition) is 8. The molecule has 0 aromatic heterocycles. The lowest BCUT2D eigenvalue weighted by Crippen LogP contribution is -2.18. The number of nitrogens with two attached hydrogens (primary N) is 4. The molecule has 6 rings (SSSR count). The van der Waals surface area contributed by atoms with E-state index in [0.717, 1.165) is 56.0 Å². The van der Waals surface area contributed by atoms with Crippen molar-refractivity contribution in [3.8, 4) is 23.0 Å². The molecule has 12 nitrogen and oxygen atoms in total. The first kappa shape index (κ1) is 44.9. The molecule has 0 radical (unpaired) electrons. The molecule has 63 heavy (non-hydrogen) atoms. The topological polar surface area (TPSA) is 213 Å². The lowest BCUT2D eigenvalue weighted by molar-refractivity contribution is 0.299. The second-order valence-electron chi connectivity index (χ2n) is 15.7. The van der Waals surface area contributed by atoms with Crippen LogP contribution in [0.3, 0.4) is 0 Å². The van der Waals surface area contributed by atoms with Gasteiger partial charge in [0.2, 0.25) is 0 Å². The summed E-state index contributed by atoms with van der Waals surface area (Å²) in [5.41, 5.74) is 33.0. The Kier molecular flexibility index (Phi) is 15.2. The molecule has 0 fully saturated rings. The quantitative estimate of drug-likeness (QED) is 0.0324. The largest absolute Gasteiger partial charge is 0.489 e. The van der Waals surface area contributed by atoms with E-state index < -0.39 is 0 Å². The van der Waals surface area contributed by atoms with Crippen molar-refractivity contribution in [3.63, 3.8) is 0 Å². The molecule has 0 amide bonds. The fourth-order valence-corrected chi connectivity index (χ4v) is 6.86. The molecule has 0 aliphatic heterocycles. The number of nitrogen functional groups attached to an aromatic ring is 2. The van der Waals surface area contributed by atoms with Crippen LogP contribution < -0.4 is 41.9 Å². The Morgan fingerprint density at radius 2 is 0.746 bits per heavy atom. The molecule has 0 spiro atoms. The first-order valence-electron chi connectivity index (χ1n) is 20.7. The maximum atomic E-state index is 7.66. The van der Waals surface area contributed by atoms with Crippen molar-refractivity contribution in [1.82, 2.24) is 0 Å². The molecule has 0 saturated carbocycles. The lowest BCUT2D eigenvalue weighted by Gasteiger charge is -2.15. The monoisotopic (exact) mass is 844 g/mol. The van der Waals surface area contributed by atoms with Crippen molar-refractivity contribution in [2.24, 2.45) is 32.9 Å². The van der Waals surface area contributed by atoms with Gasteiger partial charge in [-0.05, 0) is 171 Å². The zero-order valence-electron chi connectivity index (χ0n) is 36.2. The molecular formula is C51H56N8O4. The first-order valence-corrected chi connectivity index (χ1v) is 20.7. The zero-order valence-corrected chi connectivity index (χ0v) is 36.2. The van der Waals surface area contributed by atoms with Gasteiger partial charge in [-0.1, -0.05) is 29.8 Å². The van der Waals surface area contributed by atoms with Gasteiger partial charge in [-0.25, -0.2) is 0 Å². The Hall–Kier alpha value is -7.60. The van der Waals surface area contributed by atoms with Crippen molar-refractivity contribution in [1.29, 1.82) is 10.8 Å². The third-order valence-electron chi connectivity index (χ3n) is 9.85. The summed E-state index contributed by atoms with van der Waals surface area (Å²) in [5, 5.41) is 15.3. The second-order valence-corrected chi connectivity index (χ2v) is 15.7. The Balaban J connectivity index is 1.06. The van der Waals surface area contributed by atoms with Gasteiger partial charge in [0.05, 0.1) is 6.04 Å². The number of benzene rings is 6. The molecular weight excluding hydrogens is 789 g/mol. The number of hydrogen-bond donors (Lipinski definition) is 6. The van der Waals surface area contributed by atoms with Gasteiger partial charge in [0.15, 0.2) is 0 Å². The Morgan fingerprint density at radius 1 is 0.444 bits per heavy atom. The van der Waals surface area contributed by atoms with Crippen LogP contribution in [-0.4, -0.2) is 35.4 Å². The Labute approximate surface area is 369 Å². The van der Waals surface area contributed by atoms with Gasteiger partial charge in [0.1, 0.15) is 72.8 Å². The van der Waals surface area contributed by atoms with Gasteiger partial charge in [-0.2, -0.15) is 0 Å². The van der Waals surface area contributed by atoms with Gasteiger partial charge in [-0.15, -0.1) is 0 Å². The molecule has 6 aromatic carbocycles. The summed E-state index contributed by atoms with van der Waals surface area (Å²) in [4.78, 5) is 9.26. The van der Waals surface area contributed by atoms with Crippen molar-refractivity contribution in [2.45, 2.75) is 72.6 Å². The van der Waals surface area contributed by atoms with Crippen LogP contribution in [0.4, 0.5) is 0 Å². The predicted octanol–water partition coefficient (Wildman–Crippen LogP) is 8.33. The fraction of sp³-hybridized carbons (Fsp3) is 0.216. The summed E-state index contributed by atoms with van der Waals surface area (Å²) in [6.07, 6.45) is 0.627. The average molecular weight is 845 g/mol. The highest BCUT2D eigenvalue weighted by molar-refractivity contribution is 5.98. The SMILES string of the molecule is Cc1cc(COc2ccc(C(N)=NC(C)C)cc2)cc(COc2ccc(C(N)=NC(C)Cc3cc(COc4ccc(C(=N)N)cc4)cc(COc4ccc(C(=N)N)cc4)c3)cc2)c1. The molecule has 12 heteroatoms. The minimum Gasteiger partial charge on any atom is -0.489 e. The number of aliphatic imine (C=N–C) groups is 2. The van der Waals surface area contributed by atoms with Crippen LogP contribution in [0.2, 0.25) is 0 Å². The second kappa shape index (κ2) is 21.3. The summed E-state index contributed by atoms with van der Waals surface area (Å²) in [6.45, 7) is 9.55. The van der Waals surface area contributed by atoms with Gasteiger partial charge >= 0.3 is 0 Å². The first-order chi connectivity index (χ1) is 30.3. The van der Waals surface area contributed by atoms with Crippen LogP contribution in [0.5, 0.6) is 23.0 Å². The van der Waals surface area contributed by atoms with Crippen molar-refractivity contribution >= 4 is 23.3 Å². The molecule has 0 heterocycles. The standard InChI is InChI=1S/C51H56N8O4/c1-32(2)58-50(56)42-9-17-46(18-10-42)60-28-36-21-33(3)22-37(26-36)29-61-47-19-11-43(12-20-47)51(57)59-34(4)23-35-24-38(30-62-44-13-5-40(6-14-44)48(52)53)27-39(25-35)31-63-45-15-7-41(8-16-45)49(54)55/h5-22,24-27,32,34H,23,28-31H2,1-4H3,(H3,52,53)(H3,54,55)(H2,56,58)(H2,57,59). The van der Waals surface area contributed by atoms with Crippen LogP contribution in [-0.2, 0) is 32.8 Å². The van der Waals surface area contributed by atoms with E-state index in [2.05, 4.69) is 48.3 Å². The molecule has 0 saturated heterocycles. The maximum absolute atomic E-state index is 7.66. The summed E-state index contributed by atoms with van der Waals surface area (Å²) >= 11 is 0. The van der Waals surface area contributed by atoms with E-state index in [4.69, 9.17) is 57.7 Å². The lowest BCUT2D eigenvalue weighted by atomic mass is 10.0. The number of rotatable bonds is 20. The normalized spacial score (nSPS) is 12.1. The van der Waals surface area contributed by atoms with E-state index in [9.17, 15) is 0 Å². The summed E-state index contributed by atoms with van der Waals surface area (Å²) in [5.74, 6) is 3.77. The highest BCUT2D eigenvalue weighted by Gasteiger charge is 2.11. The van der Waals surface area contributed by atoms with Crippen LogP contribution in [0.15, 0.2) is 143 Å². The third-order valence-corrected chi connectivity index (χ3v) is 9.85. The van der Waals surface area contributed by atoms with E-state index in [-0.39, 0.29) is 23.8 Å². The summed E-state index contributed by atoms with van der Waals surface area (Å²) in [6, 6.07) is 42.1. The Morgan fingerprint density at radius 3 is 1.08 bits per heavy atom. The highest BCUT2D eigenvalue weighted by atomic mass is 16.5.